The minimum absolute atomic E-state index is 0.256. The average molecular weight is 574 g/mol. The van der Waals surface area contributed by atoms with E-state index in [1.54, 1.807) is 6.92 Å². The SMILES string of the molecule is CCCC(NC(=O)C(CCC)NC(=O)C(CCSC)NC(=O)C(CCC)NC(=O)C(CC)NC(C)=O)C(=O)O. The number of carbonyl (C=O) groups excluding carboxylic acids is 5. The highest BCUT2D eigenvalue weighted by Crippen LogP contribution is 2.07. The van der Waals surface area contributed by atoms with Gasteiger partial charge in [0.1, 0.15) is 30.2 Å². The lowest BCUT2D eigenvalue weighted by Gasteiger charge is -2.26. The first kappa shape index (κ1) is 36.2. The van der Waals surface area contributed by atoms with Crippen LogP contribution in [-0.2, 0) is 28.8 Å². The standard InChI is InChI=1S/C26H47N5O7S/c1-7-11-18(28-22(33)17(10-4)27-16(5)32)23(34)30-20(14-15-39-6)25(36)29-19(12-8-2)24(35)31-21(13-9-3)26(37)38/h17-21H,7-15H2,1-6H3,(H,27,32)(H,28,33)(H,29,36)(H,30,34)(H,31,35)(H,37,38). The normalized spacial score (nSPS) is 14.6. The van der Waals surface area contributed by atoms with Gasteiger partial charge in [0.2, 0.25) is 29.5 Å². The van der Waals surface area contributed by atoms with Gasteiger partial charge in [-0.3, -0.25) is 24.0 Å². The van der Waals surface area contributed by atoms with Crippen LogP contribution < -0.4 is 26.6 Å². The predicted molar refractivity (Wildman–Crippen MR) is 151 cm³/mol. The van der Waals surface area contributed by atoms with Crippen LogP contribution in [0.15, 0.2) is 0 Å². The molecular weight excluding hydrogens is 526 g/mol. The molecule has 5 unspecified atom stereocenters. The third-order valence-corrected chi connectivity index (χ3v) is 6.60. The molecule has 5 atom stereocenters. The van der Waals surface area contributed by atoms with Crippen molar-refractivity contribution in [1.29, 1.82) is 0 Å². The Morgan fingerprint density at radius 3 is 1.28 bits per heavy atom. The molecule has 0 aliphatic heterocycles. The van der Waals surface area contributed by atoms with Crippen LogP contribution in [0.4, 0.5) is 0 Å². The predicted octanol–water partition coefficient (Wildman–Crippen LogP) is 1.08. The molecule has 0 bridgehead atoms. The van der Waals surface area contributed by atoms with Crippen molar-refractivity contribution in [1.82, 2.24) is 26.6 Å². The van der Waals surface area contributed by atoms with Crippen LogP contribution in [0.25, 0.3) is 0 Å². The lowest BCUT2D eigenvalue weighted by molar-refractivity contribution is -0.142. The van der Waals surface area contributed by atoms with Crippen LogP contribution in [0.3, 0.4) is 0 Å². The summed E-state index contributed by atoms with van der Waals surface area (Å²) in [5, 5.41) is 22.5. The Morgan fingerprint density at radius 1 is 0.590 bits per heavy atom. The van der Waals surface area contributed by atoms with Crippen LogP contribution in [0.2, 0.25) is 0 Å². The molecule has 224 valence electrons. The molecule has 0 aliphatic carbocycles. The highest BCUT2D eigenvalue weighted by Gasteiger charge is 2.31. The van der Waals surface area contributed by atoms with E-state index in [9.17, 15) is 33.9 Å². The van der Waals surface area contributed by atoms with Gasteiger partial charge >= 0.3 is 5.97 Å². The number of aliphatic carboxylic acids is 1. The summed E-state index contributed by atoms with van der Waals surface area (Å²) in [6, 6.07) is -4.72. The second kappa shape index (κ2) is 20.1. The Labute approximate surface area is 235 Å². The lowest BCUT2D eigenvalue weighted by Crippen LogP contribution is -2.58. The van der Waals surface area contributed by atoms with Gasteiger partial charge in [-0.05, 0) is 44.1 Å². The topological polar surface area (TPSA) is 183 Å². The minimum atomic E-state index is -1.15. The molecule has 0 aliphatic rings. The average Bonchev–Trinajstić information content (AvgIpc) is 2.88. The Morgan fingerprint density at radius 2 is 0.949 bits per heavy atom. The van der Waals surface area contributed by atoms with Crippen LogP contribution >= 0.6 is 11.8 Å². The highest BCUT2D eigenvalue weighted by atomic mass is 32.2. The van der Waals surface area contributed by atoms with E-state index in [1.807, 2.05) is 27.0 Å². The second-order valence-corrected chi connectivity index (χ2v) is 10.4. The first-order valence-corrected chi connectivity index (χ1v) is 15.0. The Bertz CT molecular complexity index is 827. The zero-order chi connectivity index (χ0) is 30.0. The molecule has 13 heteroatoms. The van der Waals surface area contributed by atoms with E-state index in [0.29, 0.717) is 37.9 Å². The highest BCUT2D eigenvalue weighted by molar-refractivity contribution is 7.98. The molecule has 0 heterocycles. The van der Waals surface area contributed by atoms with Gasteiger partial charge in [0, 0.05) is 6.92 Å². The maximum atomic E-state index is 13.2. The lowest BCUT2D eigenvalue weighted by atomic mass is 10.1. The van der Waals surface area contributed by atoms with Gasteiger partial charge in [0.15, 0.2) is 0 Å². The third-order valence-electron chi connectivity index (χ3n) is 5.96. The summed E-state index contributed by atoms with van der Waals surface area (Å²) in [6.07, 6.45) is 5.04. The molecule has 6 N–H and O–H groups in total. The number of rotatable bonds is 20. The number of hydrogen-bond acceptors (Lipinski definition) is 7. The molecule has 12 nitrogen and oxygen atoms in total. The van der Waals surface area contributed by atoms with Gasteiger partial charge < -0.3 is 31.7 Å². The van der Waals surface area contributed by atoms with E-state index >= 15 is 0 Å². The minimum Gasteiger partial charge on any atom is -0.480 e. The fourth-order valence-electron chi connectivity index (χ4n) is 3.85. The van der Waals surface area contributed by atoms with Gasteiger partial charge in [-0.1, -0.05) is 47.0 Å². The van der Waals surface area contributed by atoms with Crippen molar-refractivity contribution in [3.63, 3.8) is 0 Å². The van der Waals surface area contributed by atoms with E-state index in [1.165, 1.54) is 18.7 Å². The second-order valence-electron chi connectivity index (χ2n) is 9.39. The maximum absolute atomic E-state index is 13.2. The van der Waals surface area contributed by atoms with Crippen molar-refractivity contribution in [3.8, 4) is 0 Å². The van der Waals surface area contributed by atoms with E-state index in [2.05, 4.69) is 26.6 Å². The summed E-state index contributed by atoms with van der Waals surface area (Å²) in [7, 11) is 0. The zero-order valence-electron chi connectivity index (χ0n) is 24.1. The Balaban J connectivity index is 5.64. The van der Waals surface area contributed by atoms with E-state index in [4.69, 9.17) is 0 Å². The summed E-state index contributed by atoms with van der Waals surface area (Å²) in [5.41, 5.74) is 0. The van der Waals surface area contributed by atoms with Crippen LogP contribution in [0, 0.1) is 0 Å². The van der Waals surface area contributed by atoms with E-state index < -0.39 is 59.8 Å². The fourth-order valence-corrected chi connectivity index (χ4v) is 4.32. The van der Waals surface area contributed by atoms with Crippen LogP contribution in [-0.4, -0.2) is 82.8 Å². The van der Waals surface area contributed by atoms with Crippen molar-refractivity contribution in [3.05, 3.63) is 0 Å². The fraction of sp³-hybridized carbons (Fsp3) is 0.769. The molecule has 0 saturated carbocycles. The zero-order valence-corrected chi connectivity index (χ0v) is 24.9. The summed E-state index contributed by atoms with van der Waals surface area (Å²) in [5.74, 6) is -3.17. The molecule has 0 radical (unpaired) electrons. The largest absolute Gasteiger partial charge is 0.480 e. The van der Waals surface area contributed by atoms with E-state index in [-0.39, 0.29) is 25.2 Å². The molecule has 0 aromatic heterocycles. The maximum Gasteiger partial charge on any atom is 0.326 e. The first-order chi connectivity index (χ1) is 18.4. The van der Waals surface area contributed by atoms with Crippen molar-refractivity contribution in [2.45, 2.75) is 116 Å². The molecule has 0 aromatic rings. The van der Waals surface area contributed by atoms with Gasteiger partial charge in [0.05, 0.1) is 0 Å². The number of carbonyl (C=O) groups is 6. The summed E-state index contributed by atoms with van der Waals surface area (Å²) < 4.78 is 0. The third kappa shape index (κ3) is 14.2. The van der Waals surface area contributed by atoms with E-state index in [0.717, 1.165) is 0 Å². The summed E-state index contributed by atoms with van der Waals surface area (Å²) in [4.78, 5) is 74.8. The molecule has 0 rings (SSSR count). The summed E-state index contributed by atoms with van der Waals surface area (Å²) >= 11 is 1.48. The number of thioether (sulfide) groups is 1. The van der Waals surface area contributed by atoms with Gasteiger partial charge in [-0.15, -0.1) is 0 Å². The molecule has 0 saturated heterocycles. The number of hydrogen-bond donors (Lipinski definition) is 6. The van der Waals surface area contributed by atoms with Crippen molar-refractivity contribution in [2.24, 2.45) is 0 Å². The summed E-state index contributed by atoms with van der Waals surface area (Å²) in [6.45, 7) is 8.54. The number of amides is 5. The molecule has 0 spiro atoms. The first-order valence-electron chi connectivity index (χ1n) is 13.7. The molecule has 0 fully saturated rings. The molecule has 5 amide bonds. The Hall–Kier alpha value is -2.83. The van der Waals surface area contributed by atoms with Gasteiger partial charge in [0.25, 0.3) is 0 Å². The van der Waals surface area contributed by atoms with Crippen LogP contribution in [0.1, 0.15) is 86.0 Å². The van der Waals surface area contributed by atoms with Crippen LogP contribution in [0.5, 0.6) is 0 Å². The quantitative estimate of drug-likeness (QED) is 0.125. The smallest absolute Gasteiger partial charge is 0.326 e. The van der Waals surface area contributed by atoms with Crippen molar-refractivity contribution < 1.29 is 33.9 Å². The van der Waals surface area contributed by atoms with Gasteiger partial charge in [-0.25, -0.2) is 4.79 Å². The molecule has 0 aromatic carbocycles. The number of nitrogens with one attached hydrogen (secondary N) is 5. The van der Waals surface area contributed by atoms with Crippen molar-refractivity contribution in [2.75, 3.05) is 12.0 Å². The molecular formula is C26H47N5O7S. The number of carboxylic acid groups (broad SMARTS) is 1. The monoisotopic (exact) mass is 573 g/mol. The van der Waals surface area contributed by atoms with Crippen molar-refractivity contribution >= 4 is 47.3 Å². The molecule has 39 heavy (non-hydrogen) atoms. The Kier molecular flexibility index (Phi) is 18.7. The number of carboxylic acids is 1. The van der Waals surface area contributed by atoms with Gasteiger partial charge in [-0.2, -0.15) is 11.8 Å².